The molecule has 0 bridgehead atoms. The summed E-state index contributed by atoms with van der Waals surface area (Å²) in [5.74, 6) is 1.68. The third kappa shape index (κ3) is 2.90. The van der Waals surface area contributed by atoms with Gasteiger partial charge < -0.3 is 14.2 Å². The number of hydrogen-bond donors (Lipinski definition) is 0. The highest BCUT2D eigenvalue weighted by atomic mass is 16.5. The van der Waals surface area contributed by atoms with Crippen LogP contribution in [0.5, 0.6) is 17.2 Å². The number of rotatable bonds is 5. The van der Waals surface area contributed by atoms with Crippen molar-refractivity contribution in [2.24, 2.45) is 0 Å². The molecule has 0 aliphatic rings. The van der Waals surface area contributed by atoms with Gasteiger partial charge >= 0.3 is 0 Å². The van der Waals surface area contributed by atoms with Gasteiger partial charge in [-0.25, -0.2) is 4.68 Å². The molecule has 0 aliphatic carbocycles. The van der Waals surface area contributed by atoms with Gasteiger partial charge in [-0.15, -0.1) is 5.10 Å². The first kappa shape index (κ1) is 15.9. The average molecular weight is 325 g/mol. The fourth-order valence-corrected chi connectivity index (χ4v) is 2.45. The van der Waals surface area contributed by atoms with Crippen LogP contribution in [0.15, 0.2) is 42.6 Å². The first-order valence-corrected chi connectivity index (χ1v) is 7.46. The molecule has 0 amide bonds. The van der Waals surface area contributed by atoms with Gasteiger partial charge in [0.2, 0.25) is 5.75 Å². The number of methoxy groups -OCH3 is 3. The number of nitrogens with zero attached hydrogens (tertiary/aromatic N) is 3. The van der Waals surface area contributed by atoms with Crippen LogP contribution in [0.1, 0.15) is 5.56 Å². The Morgan fingerprint density at radius 1 is 0.875 bits per heavy atom. The molecule has 2 aromatic carbocycles. The highest BCUT2D eigenvalue weighted by molar-refractivity contribution is 5.61. The van der Waals surface area contributed by atoms with E-state index in [9.17, 15) is 0 Å². The summed E-state index contributed by atoms with van der Waals surface area (Å²) < 4.78 is 17.8. The molecule has 0 aliphatic heterocycles. The molecule has 6 nitrogen and oxygen atoms in total. The van der Waals surface area contributed by atoms with Gasteiger partial charge in [-0.1, -0.05) is 35.0 Å². The van der Waals surface area contributed by atoms with E-state index in [0.717, 1.165) is 16.9 Å². The van der Waals surface area contributed by atoms with Gasteiger partial charge in [-0.05, 0) is 6.92 Å². The maximum Gasteiger partial charge on any atom is 0.203 e. The standard InChI is InChI=1S/C18H19N3O3/c1-12-5-7-13(8-6-12)15-11-21(20-19-15)14-9-16(22-2)18(24-4)17(10-14)23-3/h5-11H,1-4H3. The second-order valence-electron chi connectivity index (χ2n) is 5.30. The van der Waals surface area contributed by atoms with Crippen LogP contribution in [-0.4, -0.2) is 36.3 Å². The monoisotopic (exact) mass is 325 g/mol. The summed E-state index contributed by atoms with van der Waals surface area (Å²) >= 11 is 0. The number of hydrogen-bond acceptors (Lipinski definition) is 5. The van der Waals surface area contributed by atoms with Gasteiger partial charge in [0.15, 0.2) is 11.5 Å². The fourth-order valence-electron chi connectivity index (χ4n) is 2.45. The fraction of sp³-hybridized carbons (Fsp3) is 0.222. The maximum atomic E-state index is 5.38. The normalized spacial score (nSPS) is 10.5. The third-order valence-corrected chi connectivity index (χ3v) is 3.75. The van der Waals surface area contributed by atoms with Crippen molar-refractivity contribution in [1.82, 2.24) is 15.0 Å². The van der Waals surface area contributed by atoms with Crippen molar-refractivity contribution < 1.29 is 14.2 Å². The zero-order valence-corrected chi connectivity index (χ0v) is 14.1. The van der Waals surface area contributed by atoms with Crippen LogP contribution in [0.3, 0.4) is 0 Å². The topological polar surface area (TPSA) is 58.4 Å². The summed E-state index contributed by atoms with van der Waals surface area (Å²) in [4.78, 5) is 0. The van der Waals surface area contributed by atoms with Crippen LogP contribution in [0.25, 0.3) is 16.9 Å². The Balaban J connectivity index is 2.02. The summed E-state index contributed by atoms with van der Waals surface area (Å²) in [5, 5.41) is 8.45. The van der Waals surface area contributed by atoms with E-state index in [0.29, 0.717) is 17.2 Å². The molecular weight excluding hydrogens is 306 g/mol. The lowest BCUT2D eigenvalue weighted by atomic mass is 10.1. The van der Waals surface area contributed by atoms with Crippen molar-refractivity contribution >= 4 is 0 Å². The molecule has 0 radical (unpaired) electrons. The van der Waals surface area contributed by atoms with Crippen molar-refractivity contribution in [3.8, 4) is 34.2 Å². The van der Waals surface area contributed by atoms with Crippen LogP contribution in [-0.2, 0) is 0 Å². The highest BCUT2D eigenvalue weighted by Gasteiger charge is 2.15. The smallest absolute Gasteiger partial charge is 0.203 e. The van der Waals surface area contributed by atoms with Crippen LogP contribution < -0.4 is 14.2 Å². The molecule has 0 spiro atoms. The predicted octanol–water partition coefficient (Wildman–Crippen LogP) is 3.27. The lowest BCUT2D eigenvalue weighted by Crippen LogP contribution is -2.00. The van der Waals surface area contributed by atoms with Crippen LogP contribution in [0.4, 0.5) is 0 Å². The van der Waals surface area contributed by atoms with Gasteiger partial charge in [0.1, 0.15) is 5.69 Å². The summed E-state index contributed by atoms with van der Waals surface area (Å²) in [6, 6.07) is 11.8. The van der Waals surface area contributed by atoms with Gasteiger partial charge in [-0.2, -0.15) is 0 Å². The van der Waals surface area contributed by atoms with E-state index in [-0.39, 0.29) is 0 Å². The first-order valence-electron chi connectivity index (χ1n) is 7.46. The molecule has 0 saturated heterocycles. The lowest BCUT2D eigenvalue weighted by molar-refractivity contribution is 0.324. The SMILES string of the molecule is COc1cc(-n2cc(-c3ccc(C)cc3)nn2)cc(OC)c1OC. The molecule has 0 fully saturated rings. The van der Waals surface area contributed by atoms with Crippen LogP contribution >= 0.6 is 0 Å². The van der Waals surface area contributed by atoms with E-state index in [1.165, 1.54) is 5.56 Å². The lowest BCUT2D eigenvalue weighted by Gasteiger charge is -2.13. The summed E-state index contributed by atoms with van der Waals surface area (Å²) in [6.07, 6.45) is 1.87. The molecule has 3 aromatic rings. The number of ether oxygens (including phenoxy) is 3. The molecule has 1 aromatic heterocycles. The summed E-state index contributed by atoms with van der Waals surface area (Å²) in [6.45, 7) is 2.05. The molecule has 24 heavy (non-hydrogen) atoms. The second-order valence-corrected chi connectivity index (χ2v) is 5.30. The van der Waals surface area contributed by atoms with Crippen LogP contribution in [0, 0.1) is 6.92 Å². The first-order chi connectivity index (χ1) is 11.7. The molecule has 0 N–H and O–H groups in total. The molecular formula is C18H19N3O3. The van der Waals surface area contributed by atoms with Gasteiger partial charge in [-0.3, -0.25) is 0 Å². The highest BCUT2D eigenvalue weighted by Crippen LogP contribution is 2.39. The molecule has 0 saturated carbocycles. The maximum absolute atomic E-state index is 5.38. The van der Waals surface area contributed by atoms with Crippen molar-refractivity contribution in [2.75, 3.05) is 21.3 Å². The van der Waals surface area contributed by atoms with Gasteiger partial charge in [0, 0.05) is 17.7 Å². The van der Waals surface area contributed by atoms with E-state index < -0.39 is 0 Å². The van der Waals surface area contributed by atoms with Crippen molar-refractivity contribution in [2.45, 2.75) is 6.92 Å². The Morgan fingerprint density at radius 2 is 1.50 bits per heavy atom. The molecule has 0 atom stereocenters. The minimum atomic E-state index is 0.544. The molecule has 1 heterocycles. The molecule has 6 heteroatoms. The number of aromatic nitrogens is 3. The Labute approximate surface area is 140 Å². The minimum absolute atomic E-state index is 0.544. The van der Waals surface area contributed by atoms with E-state index in [1.807, 2.05) is 42.6 Å². The average Bonchev–Trinajstić information content (AvgIpc) is 3.11. The Hall–Kier alpha value is -3.02. The third-order valence-electron chi connectivity index (χ3n) is 3.75. The van der Waals surface area contributed by atoms with E-state index in [1.54, 1.807) is 26.0 Å². The van der Waals surface area contributed by atoms with Gasteiger partial charge in [0.05, 0.1) is 33.2 Å². The predicted molar refractivity (Wildman–Crippen MR) is 91.2 cm³/mol. The minimum Gasteiger partial charge on any atom is -0.493 e. The largest absolute Gasteiger partial charge is 0.493 e. The van der Waals surface area contributed by atoms with E-state index in [2.05, 4.69) is 17.2 Å². The molecule has 3 rings (SSSR count). The zero-order chi connectivity index (χ0) is 17.1. The summed E-state index contributed by atoms with van der Waals surface area (Å²) in [5.41, 5.74) is 3.79. The Bertz CT molecular complexity index is 816. The van der Waals surface area contributed by atoms with Crippen molar-refractivity contribution in [3.63, 3.8) is 0 Å². The Kier molecular flexibility index (Phi) is 4.37. The number of aryl methyl sites for hydroxylation is 1. The second kappa shape index (κ2) is 6.62. The van der Waals surface area contributed by atoms with Crippen molar-refractivity contribution in [3.05, 3.63) is 48.2 Å². The van der Waals surface area contributed by atoms with Crippen molar-refractivity contribution in [1.29, 1.82) is 0 Å². The van der Waals surface area contributed by atoms with Gasteiger partial charge in [0.25, 0.3) is 0 Å². The van der Waals surface area contributed by atoms with E-state index >= 15 is 0 Å². The van der Waals surface area contributed by atoms with Crippen LogP contribution in [0.2, 0.25) is 0 Å². The molecule has 0 unspecified atom stereocenters. The Morgan fingerprint density at radius 3 is 2.04 bits per heavy atom. The quantitative estimate of drug-likeness (QED) is 0.720. The zero-order valence-electron chi connectivity index (χ0n) is 14.1. The molecule has 124 valence electrons. The van der Waals surface area contributed by atoms with E-state index in [4.69, 9.17) is 14.2 Å². The number of benzene rings is 2. The summed E-state index contributed by atoms with van der Waals surface area (Å²) in [7, 11) is 4.74.